The van der Waals surface area contributed by atoms with Crippen LogP contribution in [0.5, 0.6) is 0 Å². The fraction of sp³-hybridized carbons (Fsp3) is 0.529. The van der Waals surface area contributed by atoms with E-state index >= 15 is 0 Å². The Hall–Kier alpha value is -1.51. The fourth-order valence-corrected chi connectivity index (χ4v) is 4.97. The van der Waals surface area contributed by atoms with E-state index in [1.165, 1.54) is 21.9 Å². The van der Waals surface area contributed by atoms with Gasteiger partial charge >= 0.3 is 0 Å². The van der Waals surface area contributed by atoms with Gasteiger partial charge in [-0.1, -0.05) is 37.3 Å². The second kappa shape index (κ2) is 7.01. The third-order valence-electron chi connectivity index (χ3n) is 4.53. The van der Waals surface area contributed by atoms with Crippen LogP contribution in [0.4, 0.5) is 5.13 Å². The first-order chi connectivity index (χ1) is 11.8. The highest BCUT2D eigenvalue weighted by Gasteiger charge is 2.30. The van der Waals surface area contributed by atoms with Crippen LogP contribution in [-0.2, 0) is 14.8 Å². The maximum absolute atomic E-state index is 12.6. The van der Waals surface area contributed by atoms with Gasteiger partial charge in [-0.3, -0.25) is 4.79 Å². The minimum absolute atomic E-state index is 0.154. The molecule has 0 saturated carbocycles. The molecule has 0 aliphatic carbocycles. The number of thiazole rings is 1. The van der Waals surface area contributed by atoms with Crippen LogP contribution in [0.2, 0.25) is 0 Å². The van der Waals surface area contributed by atoms with Gasteiger partial charge in [0.25, 0.3) is 0 Å². The number of sulfonamides is 1. The molecule has 3 rings (SSSR count). The van der Waals surface area contributed by atoms with E-state index in [2.05, 4.69) is 30.2 Å². The van der Waals surface area contributed by atoms with E-state index in [0.29, 0.717) is 30.4 Å². The van der Waals surface area contributed by atoms with Crippen molar-refractivity contribution in [3.8, 4) is 0 Å². The second-order valence-electron chi connectivity index (χ2n) is 6.82. The molecule has 1 aromatic heterocycles. The molecule has 136 valence electrons. The second-order valence-corrected chi connectivity index (χ2v) is 9.83. The molecule has 2 heterocycles. The Morgan fingerprint density at radius 2 is 2.16 bits per heavy atom. The van der Waals surface area contributed by atoms with Gasteiger partial charge in [-0.25, -0.2) is 17.7 Å². The Bertz CT molecular complexity index is 890. The minimum atomic E-state index is -3.26. The van der Waals surface area contributed by atoms with Gasteiger partial charge in [0.1, 0.15) is 0 Å². The van der Waals surface area contributed by atoms with Gasteiger partial charge in [0.05, 0.1) is 22.4 Å². The summed E-state index contributed by atoms with van der Waals surface area (Å²) in [6.07, 6.45) is 2.58. The third kappa shape index (κ3) is 4.02. The monoisotopic (exact) mass is 381 g/mol. The molecule has 2 aromatic rings. The van der Waals surface area contributed by atoms with Gasteiger partial charge in [0.15, 0.2) is 5.13 Å². The molecule has 1 N–H and O–H groups in total. The van der Waals surface area contributed by atoms with Crippen LogP contribution in [0.3, 0.4) is 0 Å². The van der Waals surface area contributed by atoms with Gasteiger partial charge in [-0.15, -0.1) is 0 Å². The normalized spacial score (nSPS) is 19.4. The standard InChI is InChI=1S/C17H23N3O3S2/c1-11(2)13-7-4-8-14-15(13)18-17(24-14)19-16(21)12-6-5-9-20(10-12)25(3,22)23/h4,7-8,11-12H,5-6,9-10H2,1-3H3,(H,18,19,21)/t12-/m1/s1. The molecule has 8 heteroatoms. The average molecular weight is 382 g/mol. The van der Waals surface area contributed by atoms with E-state index < -0.39 is 10.0 Å². The van der Waals surface area contributed by atoms with Crippen LogP contribution in [0, 0.1) is 5.92 Å². The summed E-state index contributed by atoms with van der Waals surface area (Å²) in [5.41, 5.74) is 2.09. The molecule has 1 aliphatic heterocycles. The molecular formula is C17H23N3O3S2. The number of anilines is 1. The highest BCUT2D eigenvalue weighted by molar-refractivity contribution is 7.88. The number of carbonyl (C=O) groups excluding carboxylic acids is 1. The van der Waals surface area contributed by atoms with Crippen molar-refractivity contribution in [3.63, 3.8) is 0 Å². The van der Waals surface area contributed by atoms with Crippen LogP contribution < -0.4 is 5.32 Å². The number of fused-ring (bicyclic) bond motifs is 1. The van der Waals surface area contributed by atoms with Crippen LogP contribution in [0.25, 0.3) is 10.2 Å². The van der Waals surface area contributed by atoms with Crippen molar-refractivity contribution in [1.29, 1.82) is 0 Å². The maximum atomic E-state index is 12.6. The number of benzene rings is 1. The molecule has 1 amide bonds. The first kappa shape index (κ1) is 18.3. The number of para-hydroxylation sites is 1. The highest BCUT2D eigenvalue weighted by Crippen LogP contribution is 2.32. The number of hydrogen-bond acceptors (Lipinski definition) is 5. The fourth-order valence-electron chi connectivity index (χ4n) is 3.15. The van der Waals surface area contributed by atoms with E-state index in [1.807, 2.05) is 12.1 Å². The lowest BCUT2D eigenvalue weighted by Crippen LogP contribution is -2.43. The molecule has 25 heavy (non-hydrogen) atoms. The Labute approximate surface area is 152 Å². The van der Waals surface area contributed by atoms with E-state index in [-0.39, 0.29) is 18.4 Å². The zero-order chi connectivity index (χ0) is 18.2. The predicted octanol–water partition coefficient (Wildman–Crippen LogP) is 3.03. The van der Waals surface area contributed by atoms with E-state index in [0.717, 1.165) is 15.8 Å². The molecule has 1 aliphatic rings. The molecule has 6 nitrogen and oxygen atoms in total. The number of nitrogens with one attached hydrogen (secondary N) is 1. The summed E-state index contributed by atoms with van der Waals surface area (Å²) in [5.74, 6) is -0.130. The largest absolute Gasteiger partial charge is 0.302 e. The van der Waals surface area contributed by atoms with Crippen molar-refractivity contribution in [1.82, 2.24) is 9.29 Å². The zero-order valence-corrected chi connectivity index (χ0v) is 16.3. The number of piperidine rings is 1. The number of nitrogens with zero attached hydrogens (tertiary/aromatic N) is 2. The SMILES string of the molecule is CC(C)c1cccc2sc(NC(=O)[C@@H]3CCCN(S(C)(=O)=O)C3)nc12. The van der Waals surface area contributed by atoms with Gasteiger partial charge in [-0.05, 0) is 30.4 Å². The van der Waals surface area contributed by atoms with Gasteiger partial charge in [0.2, 0.25) is 15.9 Å². The third-order valence-corrected chi connectivity index (χ3v) is 6.73. The van der Waals surface area contributed by atoms with Crippen molar-refractivity contribution >= 4 is 42.6 Å². The van der Waals surface area contributed by atoms with Crippen molar-refractivity contribution < 1.29 is 13.2 Å². The van der Waals surface area contributed by atoms with Gasteiger partial charge < -0.3 is 5.32 Å². The number of hydrogen-bond donors (Lipinski definition) is 1. The van der Waals surface area contributed by atoms with Gasteiger partial charge in [0, 0.05) is 13.1 Å². The predicted molar refractivity (Wildman–Crippen MR) is 101 cm³/mol. The van der Waals surface area contributed by atoms with Gasteiger partial charge in [-0.2, -0.15) is 0 Å². The molecule has 0 unspecified atom stereocenters. The molecule has 0 spiro atoms. The van der Waals surface area contributed by atoms with Crippen molar-refractivity contribution in [2.75, 3.05) is 24.7 Å². The lowest BCUT2D eigenvalue weighted by atomic mass is 9.99. The highest BCUT2D eigenvalue weighted by atomic mass is 32.2. The minimum Gasteiger partial charge on any atom is -0.302 e. The topological polar surface area (TPSA) is 79.4 Å². The van der Waals surface area contributed by atoms with Crippen molar-refractivity contribution in [2.24, 2.45) is 5.92 Å². The maximum Gasteiger partial charge on any atom is 0.230 e. The molecular weight excluding hydrogens is 358 g/mol. The Morgan fingerprint density at radius 1 is 1.40 bits per heavy atom. The molecule has 1 atom stereocenters. The van der Waals surface area contributed by atoms with E-state index in [4.69, 9.17) is 0 Å². The zero-order valence-electron chi connectivity index (χ0n) is 14.7. The summed E-state index contributed by atoms with van der Waals surface area (Å²) in [4.78, 5) is 17.2. The summed E-state index contributed by atoms with van der Waals surface area (Å²) in [5, 5.41) is 3.46. The molecule has 0 radical (unpaired) electrons. The molecule has 0 bridgehead atoms. The lowest BCUT2D eigenvalue weighted by molar-refractivity contribution is -0.120. The van der Waals surface area contributed by atoms with E-state index in [9.17, 15) is 13.2 Å². The smallest absolute Gasteiger partial charge is 0.230 e. The molecule has 1 aromatic carbocycles. The summed E-state index contributed by atoms with van der Waals surface area (Å²) in [7, 11) is -3.26. The van der Waals surface area contributed by atoms with E-state index in [1.54, 1.807) is 0 Å². The number of aromatic nitrogens is 1. The quantitative estimate of drug-likeness (QED) is 0.883. The van der Waals surface area contributed by atoms with Crippen molar-refractivity contribution in [2.45, 2.75) is 32.6 Å². The van der Waals surface area contributed by atoms with Crippen LogP contribution in [0.15, 0.2) is 18.2 Å². The number of rotatable bonds is 4. The summed E-state index contributed by atoms with van der Waals surface area (Å²) >= 11 is 1.45. The van der Waals surface area contributed by atoms with Crippen LogP contribution in [0.1, 0.15) is 38.2 Å². The Balaban J connectivity index is 1.77. The summed E-state index contributed by atoms with van der Waals surface area (Å²) in [6.45, 7) is 4.97. The Morgan fingerprint density at radius 3 is 2.84 bits per heavy atom. The first-order valence-corrected chi connectivity index (χ1v) is 11.1. The lowest BCUT2D eigenvalue weighted by Gasteiger charge is -2.29. The number of carbonyl (C=O) groups is 1. The summed E-state index contributed by atoms with van der Waals surface area (Å²) in [6, 6.07) is 6.07. The molecule has 1 saturated heterocycles. The first-order valence-electron chi connectivity index (χ1n) is 8.41. The Kier molecular flexibility index (Phi) is 5.13. The molecule has 1 fully saturated rings. The van der Waals surface area contributed by atoms with Crippen LogP contribution in [-0.4, -0.2) is 43.0 Å². The van der Waals surface area contributed by atoms with Crippen LogP contribution >= 0.6 is 11.3 Å². The average Bonchev–Trinajstić information content (AvgIpc) is 2.96. The van der Waals surface area contributed by atoms with Crippen molar-refractivity contribution in [3.05, 3.63) is 23.8 Å². The number of amides is 1. The summed E-state index contributed by atoms with van der Waals surface area (Å²) < 4.78 is 25.9.